The quantitative estimate of drug-likeness (QED) is 0.420. The van der Waals surface area contributed by atoms with E-state index in [1.54, 1.807) is 30.3 Å². The van der Waals surface area contributed by atoms with Gasteiger partial charge >= 0.3 is 0 Å². The first-order valence-corrected chi connectivity index (χ1v) is 10.9. The molecule has 2 aliphatic rings. The molecular weight excluding hydrogens is 513 g/mol. The van der Waals surface area contributed by atoms with E-state index in [1.165, 1.54) is 48.5 Å². The first-order valence-electron chi connectivity index (χ1n) is 10.9. The van der Waals surface area contributed by atoms with E-state index in [9.17, 15) is 27.2 Å². The number of nitrogens with zero attached hydrogens (tertiary/aromatic N) is 5. The topological polar surface area (TPSA) is 119 Å². The Morgan fingerprint density at radius 2 is 0.949 bits per heavy atom. The maximum atomic E-state index is 14.8. The van der Waals surface area contributed by atoms with E-state index in [-0.39, 0.29) is 38.3 Å². The Bertz CT molecular complexity index is 1850. The fourth-order valence-electron chi connectivity index (χ4n) is 4.25. The first kappa shape index (κ1) is 26.3. The van der Waals surface area contributed by atoms with Crippen LogP contribution in [0, 0.1) is 62.6 Å². The standard InChI is InChI=1S/C29H10F5N5/c30-25-24(26(31)28(33)29(34)27(25)32)20(13-39)23-21(16-5-1-14(2-6-16)18(9-35)10-36)22(23)17-7-3-15(4-8-17)19(11-37)12-38/h1-8,24-25H. The van der Waals surface area contributed by atoms with Crippen molar-refractivity contribution in [1.82, 2.24) is 0 Å². The van der Waals surface area contributed by atoms with Gasteiger partial charge in [0, 0.05) is 16.0 Å². The van der Waals surface area contributed by atoms with Crippen LogP contribution in [0.3, 0.4) is 0 Å². The van der Waals surface area contributed by atoms with Crippen molar-refractivity contribution in [3.8, 4) is 30.3 Å². The molecular formula is C29H10F5N5. The zero-order valence-electron chi connectivity index (χ0n) is 19.4. The van der Waals surface area contributed by atoms with Gasteiger partial charge in [0.05, 0.1) is 17.6 Å². The van der Waals surface area contributed by atoms with Crippen LogP contribution in [0.15, 0.2) is 83.0 Å². The Morgan fingerprint density at radius 3 is 1.31 bits per heavy atom. The van der Waals surface area contributed by atoms with Gasteiger partial charge in [-0.1, -0.05) is 48.5 Å². The maximum absolute atomic E-state index is 14.8. The van der Waals surface area contributed by atoms with Crippen molar-refractivity contribution in [1.29, 1.82) is 26.3 Å². The van der Waals surface area contributed by atoms with Crippen molar-refractivity contribution in [3.63, 3.8) is 0 Å². The molecule has 0 aliphatic heterocycles. The molecule has 2 aromatic carbocycles. The van der Waals surface area contributed by atoms with Crippen LogP contribution in [0.1, 0.15) is 0 Å². The van der Waals surface area contributed by atoms with Crippen molar-refractivity contribution in [3.05, 3.63) is 104 Å². The minimum Gasteiger partial charge on any atom is -0.238 e. The number of hydrogen-bond acceptors (Lipinski definition) is 5. The fraction of sp³-hybridized carbons (Fsp3) is 0.0690. The maximum Gasteiger partial charge on any atom is 0.196 e. The molecule has 2 aliphatic carbocycles. The normalized spacial score (nSPS) is 17.9. The monoisotopic (exact) mass is 523 g/mol. The average molecular weight is 523 g/mol. The largest absolute Gasteiger partial charge is 0.238 e. The Kier molecular flexibility index (Phi) is 6.96. The van der Waals surface area contributed by atoms with Gasteiger partial charge in [-0.3, -0.25) is 0 Å². The highest BCUT2D eigenvalue weighted by molar-refractivity contribution is 6.29. The SMILES string of the molecule is N#CC(=C1C(=c2ccc(=C(C#N)C#N)cc2)C1=c1ccc(=C(C#N)C#N)cc1)C1C(F)=C(F)C(F)=C(F)C1F. The summed E-state index contributed by atoms with van der Waals surface area (Å²) in [7, 11) is 0. The summed E-state index contributed by atoms with van der Waals surface area (Å²) in [5.74, 6) is -11.1. The number of hydrogen-bond donors (Lipinski definition) is 0. The third-order valence-electron chi connectivity index (χ3n) is 6.18. The predicted molar refractivity (Wildman–Crippen MR) is 127 cm³/mol. The molecule has 2 unspecified atom stereocenters. The third-order valence-corrected chi connectivity index (χ3v) is 6.18. The molecule has 0 bridgehead atoms. The van der Waals surface area contributed by atoms with Crippen LogP contribution in [0.2, 0.25) is 0 Å². The molecule has 0 N–H and O–H groups in total. The lowest BCUT2D eigenvalue weighted by Gasteiger charge is -2.22. The van der Waals surface area contributed by atoms with Crippen molar-refractivity contribution < 1.29 is 22.0 Å². The molecule has 0 spiro atoms. The molecule has 0 radical (unpaired) electrons. The lowest BCUT2D eigenvalue weighted by atomic mass is 9.87. The number of benzene rings is 2. The number of alkyl halides is 1. The van der Waals surface area contributed by atoms with Crippen molar-refractivity contribution in [2.75, 3.05) is 0 Å². The number of rotatable bonds is 1. The first-order chi connectivity index (χ1) is 18.7. The van der Waals surface area contributed by atoms with Gasteiger partial charge in [0.25, 0.3) is 0 Å². The van der Waals surface area contributed by atoms with Gasteiger partial charge in [0.2, 0.25) is 0 Å². The van der Waals surface area contributed by atoms with Crippen molar-refractivity contribution in [2.24, 2.45) is 5.92 Å². The summed E-state index contributed by atoms with van der Waals surface area (Å²) in [5, 5.41) is 47.6. The van der Waals surface area contributed by atoms with Crippen molar-refractivity contribution in [2.45, 2.75) is 6.17 Å². The lowest BCUT2D eigenvalue weighted by molar-refractivity contribution is 0.228. The third kappa shape index (κ3) is 4.36. The molecule has 0 aromatic heterocycles. The Hall–Kier alpha value is -5.76. The molecule has 1 saturated carbocycles. The van der Waals surface area contributed by atoms with Crippen LogP contribution < -0.4 is 20.9 Å². The van der Waals surface area contributed by atoms with Gasteiger partial charge in [-0.05, 0) is 21.6 Å². The second kappa shape index (κ2) is 10.3. The van der Waals surface area contributed by atoms with Crippen LogP contribution in [-0.4, -0.2) is 6.17 Å². The van der Waals surface area contributed by atoms with E-state index in [4.69, 9.17) is 21.0 Å². The Morgan fingerprint density at radius 1 is 0.564 bits per heavy atom. The van der Waals surface area contributed by atoms with Crippen LogP contribution >= 0.6 is 0 Å². The van der Waals surface area contributed by atoms with Crippen LogP contribution in [0.5, 0.6) is 0 Å². The number of allylic oxidation sites excluding steroid dienone is 6. The summed E-state index contributed by atoms with van der Waals surface area (Å²) < 4.78 is 71.3. The second-order valence-electron chi connectivity index (χ2n) is 8.21. The smallest absolute Gasteiger partial charge is 0.196 e. The highest BCUT2D eigenvalue weighted by Crippen LogP contribution is 2.53. The molecule has 0 heterocycles. The van der Waals surface area contributed by atoms with Gasteiger partial charge in [-0.25, -0.2) is 22.0 Å². The van der Waals surface area contributed by atoms with E-state index in [0.717, 1.165) is 0 Å². The van der Waals surface area contributed by atoms with Gasteiger partial charge in [-0.15, -0.1) is 0 Å². The molecule has 5 nitrogen and oxygen atoms in total. The van der Waals surface area contributed by atoms with Gasteiger partial charge in [0.15, 0.2) is 29.5 Å². The van der Waals surface area contributed by atoms with Gasteiger partial charge in [-0.2, -0.15) is 26.3 Å². The highest BCUT2D eigenvalue weighted by Gasteiger charge is 2.47. The zero-order valence-corrected chi connectivity index (χ0v) is 19.4. The summed E-state index contributed by atoms with van der Waals surface area (Å²) in [4.78, 5) is 0. The molecule has 1 fully saturated rings. The fourth-order valence-corrected chi connectivity index (χ4v) is 4.25. The molecule has 0 saturated heterocycles. The van der Waals surface area contributed by atoms with E-state index in [1.807, 2.05) is 0 Å². The van der Waals surface area contributed by atoms with Crippen LogP contribution in [0.4, 0.5) is 22.0 Å². The van der Waals surface area contributed by atoms with Crippen molar-refractivity contribution >= 4 is 22.3 Å². The van der Waals surface area contributed by atoms with E-state index >= 15 is 0 Å². The number of halogens is 5. The summed E-state index contributed by atoms with van der Waals surface area (Å²) >= 11 is 0. The van der Waals surface area contributed by atoms with Crippen LogP contribution in [-0.2, 0) is 0 Å². The number of nitriles is 5. The summed E-state index contributed by atoms with van der Waals surface area (Å²) in [6.07, 6.45) is -2.99. The molecule has 2 atom stereocenters. The second-order valence-corrected chi connectivity index (χ2v) is 8.21. The molecule has 4 rings (SSSR count). The molecule has 0 amide bonds. The van der Waals surface area contributed by atoms with Gasteiger partial charge < -0.3 is 0 Å². The van der Waals surface area contributed by atoms with E-state index in [2.05, 4.69) is 0 Å². The molecule has 39 heavy (non-hydrogen) atoms. The molecule has 186 valence electrons. The minimum atomic E-state index is -2.99. The predicted octanol–water partition coefficient (Wildman–Crippen LogP) is 3.19. The minimum absolute atomic E-state index is 0.0294. The summed E-state index contributed by atoms with van der Waals surface area (Å²) in [6.45, 7) is 0. The molecule has 10 heteroatoms. The van der Waals surface area contributed by atoms with Gasteiger partial charge in [0.1, 0.15) is 35.4 Å². The average Bonchev–Trinajstić information content (AvgIpc) is 3.70. The van der Waals surface area contributed by atoms with Crippen LogP contribution in [0.25, 0.3) is 22.3 Å². The van der Waals surface area contributed by atoms with E-state index < -0.39 is 41.0 Å². The zero-order chi connectivity index (χ0) is 28.4. The lowest BCUT2D eigenvalue weighted by Crippen LogP contribution is -2.25. The Balaban J connectivity index is 2.10. The molecule has 2 aromatic rings. The summed E-state index contributed by atoms with van der Waals surface area (Å²) in [5.41, 5.74) is -0.500. The van der Waals surface area contributed by atoms with E-state index in [0.29, 0.717) is 10.4 Å². The Labute approximate surface area is 217 Å². The highest BCUT2D eigenvalue weighted by atomic mass is 19.2. The summed E-state index contributed by atoms with van der Waals surface area (Å²) in [6, 6.07) is 20.2.